The number of hydrogen-bond donors (Lipinski definition) is 4. The summed E-state index contributed by atoms with van der Waals surface area (Å²) in [7, 11) is 6.10. The number of phenolic OH excluding ortho intramolecular Hbond substituents is 1. The number of nitrogens with one attached hydrogen (secondary N) is 3. The molecule has 0 amide bonds. The lowest BCUT2D eigenvalue weighted by Gasteiger charge is -2.34. The maximum Gasteiger partial charge on any atom is 0.270 e. The van der Waals surface area contributed by atoms with Crippen LogP contribution in [0, 0.1) is 0 Å². The Morgan fingerprint density at radius 1 is 0.833 bits per heavy atom. The molecule has 0 fully saturated rings. The maximum absolute atomic E-state index is 13.7. The first-order valence-electron chi connectivity index (χ1n) is 11.4. The first-order chi connectivity index (χ1) is 17.4. The third-order valence-electron chi connectivity index (χ3n) is 6.87. The Balaban J connectivity index is 1.60. The van der Waals surface area contributed by atoms with Crippen molar-refractivity contribution >= 4 is 11.6 Å². The van der Waals surface area contributed by atoms with Gasteiger partial charge in [0.25, 0.3) is 5.56 Å². The second-order valence-corrected chi connectivity index (χ2v) is 8.74. The number of aromatic nitrogens is 2. The van der Waals surface area contributed by atoms with Gasteiger partial charge in [0, 0.05) is 23.6 Å². The Morgan fingerprint density at radius 3 is 2.14 bits per heavy atom. The molecule has 0 saturated heterocycles. The Bertz CT molecular complexity index is 1410. The van der Waals surface area contributed by atoms with Gasteiger partial charge in [-0.15, -0.1) is 0 Å². The van der Waals surface area contributed by atoms with Crippen molar-refractivity contribution in [2.24, 2.45) is 0 Å². The summed E-state index contributed by atoms with van der Waals surface area (Å²) in [4.78, 5) is 26.4. The van der Waals surface area contributed by atoms with Crippen LogP contribution in [0.3, 0.4) is 0 Å². The van der Waals surface area contributed by atoms with Crippen LogP contribution < -0.4 is 29.8 Å². The molecule has 2 aromatic carbocycles. The van der Waals surface area contributed by atoms with Crippen LogP contribution in [0.4, 0.5) is 5.82 Å². The number of aromatic hydroxyl groups is 1. The minimum Gasteiger partial charge on any atom is -0.504 e. The molecule has 5 rings (SSSR count). The molecule has 10 heteroatoms. The smallest absolute Gasteiger partial charge is 0.270 e. The zero-order valence-electron chi connectivity index (χ0n) is 20.4. The van der Waals surface area contributed by atoms with Gasteiger partial charge >= 0.3 is 0 Å². The van der Waals surface area contributed by atoms with E-state index in [0.717, 1.165) is 5.56 Å². The van der Waals surface area contributed by atoms with Gasteiger partial charge in [0.05, 0.1) is 34.0 Å². The number of carbonyl (C=O) groups excluding carboxylic acids is 1. The summed E-state index contributed by atoms with van der Waals surface area (Å²) < 4.78 is 21.6. The highest BCUT2D eigenvalue weighted by Gasteiger charge is 2.41. The fourth-order valence-corrected chi connectivity index (χ4v) is 5.21. The fourth-order valence-electron chi connectivity index (χ4n) is 5.21. The van der Waals surface area contributed by atoms with E-state index in [4.69, 9.17) is 18.9 Å². The molecule has 4 N–H and O–H groups in total. The number of fused-ring (bicyclic) bond motifs is 1. The number of ether oxygens (including phenoxy) is 4. The molecule has 2 aliphatic rings. The van der Waals surface area contributed by atoms with E-state index in [2.05, 4.69) is 15.5 Å². The summed E-state index contributed by atoms with van der Waals surface area (Å²) in [5, 5.41) is 19.2. The van der Waals surface area contributed by atoms with Crippen LogP contribution in [0.5, 0.6) is 28.7 Å². The van der Waals surface area contributed by atoms with Crippen molar-refractivity contribution in [3.63, 3.8) is 0 Å². The third-order valence-corrected chi connectivity index (χ3v) is 6.87. The lowest BCUT2D eigenvalue weighted by molar-refractivity contribution is -0.116. The van der Waals surface area contributed by atoms with Crippen molar-refractivity contribution < 1.29 is 28.8 Å². The summed E-state index contributed by atoms with van der Waals surface area (Å²) in [6.07, 6.45) is 0.750. The fraction of sp³-hybridized carbons (Fsp3) is 0.308. The molecule has 3 aromatic rings. The first-order valence-corrected chi connectivity index (χ1v) is 11.4. The molecular weight excluding hydrogens is 466 g/mol. The number of allylic oxidation sites excluding steroid dienone is 2. The molecule has 1 aliphatic heterocycles. The van der Waals surface area contributed by atoms with Gasteiger partial charge in [-0.1, -0.05) is 6.07 Å². The minimum absolute atomic E-state index is 0.0669. The van der Waals surface area contributed by atoms with E-state index >= 15 is 0 Å². The molecule has 188 valence electrons. The molecule has 0 bridgehead atoms. The van der Waals surface area contributed by atoms with E-state index in [1.54, 1.807) is 33.5 Å². The molecule has 0 saturated carbocycles. The van der Waals surface area contributed by atoms with Crippen LogP contribution in [0.2, 0.25) is 0 Å². The van der Waals surface area contributed by atoms with Gasteiger partial charge in [-0.3, -0.25) is 19.8 Å². The Morgan fingerprint density at radius 2 is 1.53 bits per heavy atom. The molecule has 2 heterocycles. The van der Waals surface area contributed by atoms with Crippen molar-refractivity contribution in [1.29, 1.82) is 0 Å². The Hall–Kier alpha value is -4.34. The summed E-state index contributed by atoms with van der Waals surface area (Å²) >= 11 is 0. The summed E-state index contributed by atoms with van der Waals surface area (Å²) in [5.74, 6) is 1.36. The highest BCUT2D eigenvalue weighted by molar-refractivity contribution is 6.01. The van der Waals surface area contributed by atoms with Gasteiger partial charge < -0.3 is 29.4 Å². The van der Waals surface area contributed by atoms with Crippen LogP contribution in [0.25, 0.3) is 0 Å². The number of carbonyl (C=O) groups is 1. The van der Waals surface area contributed by atoms with E-state index in [-0.39, 0.29) is 29.4 Å². The number of ketones is 1. The monoisotopic (exact) mass is 493 g/mol. The molecule has 36 heavy (non-hydrogen) atoms. The molecule has 1 aliphatic carbocycles. The van der Waals surface area contributed by atoms with Crippen LogP contribution in [0.1, 0.15) is 41.4 Å². The van der Waals surface area contributed by atoms with Gasteiger partial charge in [-0.25, -0.2) is 0 Å². The van der Waals surface area contributed by atoms with Crippen molar-refractivity contribution in [1.82, 2.24) is 10.2 Å². The molecule has 0 radical (unpaired) electrons. The topological polar surface area (TPSA) is 135 Å². The van der Waals surface area contributed by atoms with Crippen LogP contribution in [-0.4, -0.2) is 49.5 Å². The van der Waals surface area contributed by atoms with Crippen molar-refractivity contribution in [2.75, 3.05) is 33.8 Å². The number of anilines is 1. The number of benzene rings is 2. The second kappa shape index (κ2) is 9.03. The lowest BCUT2D eigenvalue weighted by atomic mass is 9.72. The van der Waals surface area contributed by atoms with Gasteiger partial charge in [0.1, 0.15) is 5.82 Å². The number of methoxy groups -OCH3 is 4. The summed E-state index contributed by atoms with van der Waals surface area (Å²) in [6, 6.07) is 8.63. The number of hydrogen-bond acceptors (Lipinski definition) is 8. The van der Waals surface area contributed by atoms with Gasteiger partial charge in [0.15, 0.2) is 28.8 Å². The van der Waals surface area contributed by atoms with E-state index in [1.807, 2.05) is 12.1 Å². The lowest BCUT2D eigenvalue weighted by Crippen LogP contribution is -2.31. The maximum atomic E-state index is 13.7. The highest BCUT2D eigenvalue weighted by atomic mass is 16.5. The Kier molecular flexibility index (Phi) is 5.87. The Labute approximate surface area is 206 Å². The van der Waals surface area contributed by atoms with E-state index in [1.165, 1.54) is 13.2 Å². The molecule has 0 unspecified atom stereocenters. The van der Waals surface area contributed by atoms with E-state index in [0.29, 0.717) is 57.6 Å². The largest absolute Gasteiger partial charge is 0.504 e. The van der Waals surface area contributed by atoms with Gasteiger partial charge in [0.2, 0.25) is 5.75 Å². The van der Waals surface area contributed by atoms with Gasteiger partial charge in [-0.05, 0) is 47.7 Å². The van der Waals surface area contributed by atoms with E-state index in [9.17, 15) is 14.7 Å². The zero-order chi connectivity index (χ0) is 25.6. The standard InChI is InChI=1S/C26H27N3O7/c1-33-18-6-5-12(8-16(18)30)21-22-15(27-25-23(21)26(32)29-28-25)7-13(9-17(22)31)14-10-19(34-2)24(36-4)20(11-14)35-3/h5-6,8,10-11,13,21,30H,7,9H2,1-4H3,(H3,27,28,29,32)/t13-,21-/m0/s1. The summed E-state index contributed by atoms with van der Waals surface area (Å²) in [5.41, 5.74) is 2.79. The van der Waals surface area contributed by atoms with Crippen LogP contribution >= 0.6 is 0 Å². The number of rotatable bonds is 6. The van der Waals surface area contributed by atoms with Crippen molar-refractivity contribution in [3.05, 3.63) is 68.6 Å². The summed E-state index contributed by atoms with van der Waals surface area (Å²) in [6.45, 7) is 0. The normalized spacial score (nSPS) is 18.7. The van der Waals surface area contributed by atoms with Gasteiger partial charge in [-0.2, -0.15) is 0 Å². The molecule has 2 atom stereocenters. The highest BCUT2D eigenvalue weighted by Crippen LogP contribution is 2.49. The predicted octanol–water partition coefficient (Wildman–Crippen LogP) is 3.40. The molecule has 10 nitrogen and oxygen atoms in total. The minimum atomic E-state index is -0.642. The van der Waals surface area contributed by atoms with Crippen molar-refractivity contribution in [3.8, 4) is 28.7 Å². The zero-order valence-corrected chi connectivity index (χ0v) is 20.4. The number of H-pyrrole nitrogens is 2. The number of phenols is 1. The third kappa shape index (κ3) is 3.65. The van der Waals surface area contributed by atoms with Crippen LogP contribution in [-0.2, 0) is 4.79 Å². The van der Waals surface area contributed by atoms with E-state index < -0.39 is 5.92 Å². The second-order valence-electron chi connectivity index (χ2n) is 8.74. The molecule has 0 spiro atoms. The quantitative estimate of drug-likeness (QED) is 0.410. The SMILES string of the molecule is COc1ccc([C@H]2C3=C(C[C@H](c4cc(OC)c(OC)c(OC)c4)CC3=O)Nc3[nH][nH]c(=O)c32)cc1O. The first kappa shape index (κ1) is 23.4. The van der Waals surface area contributed by atoms with Crippen LogP contribution in [0.15, 0.2) is 46.4 Å². The molecular formula is C26H27N3O7. The van der Waals surface area contributed by atoms with Crippen molar-refractivity contribution in [2.45, 2.75) is 24.7 Å². The number of aromatic amines is 2. The molecule has 1 aromatic heterocycles. The average molecular weight is 494 g/mol. The predicted molar refractivity (Wildman–Crippen MR) is 132 cm³/mol. The number of Topliss-reactive ketones (excluding diaryl/α,β-unsaturated/α-hetero) is 1. The average Bonchev–Trinajstić information content (AvgIpc) is 3.26.